The molecule has 0 unspecified atom stereocenters. The molecule has 0 saturated carbocycles. The summed E-state index contributed by atoms with van der Waals surface area (Å²) in [6, 6.07) is 9.41. The molecule has 0 fully saturated rings. The van der Waals surface area contributed by atoms with E-state index in [0.29, 0.717) is 10.6 Å². The summed E-state index contributed by atoms with van der Waals surface area (Å²) in [6.45, 7) is -1.49. The monoisotopic (exact) mass is 410 g/mol. The van der Waals surface area contributed by atoms with Crippen molar-refractivity contribution in [3.8, 4) is 17.0 Å². The number of alkyl halides is 3. The molecule has 3 aromatic rings. The summed E-state index contributed by atoms with van der Waals surface area (Å²) in [7, 11) is 1.67. The number of halogens is 4. The summed E-state index contributed by atoms with van der Waals surface area (Å²) >= 11 is 5.87. The van der Waals surface area contributed by atoms with Gasteiger partial charge in [0.05, 0.1) is 11.9 Å². The number of rotatable bonds is 5. The van der Waals surface area contributed by atoms with E-state index in [1.807, 2.05) is 0 Å². The zero-order valence-electron chi connectivity index (χ0n) is 14.5. The topological polar surface area (TPSA) is 69.0 Å². The van der Waals surface area contributed by atoms with Gasteiger partial charge in [-0.15, -0.1) is 0 Å². The minimum Gasteiger partial charge on any atom is -0.468 e. The van der Waals surface area contributed by atoms with Gasteiger partial charge in [0.1, 0.15) is 0 Å². The van der Waals surface area contributed by atoms with Gasteiger partial charge in [0.25, 0.3) is 5.91 Å². The van der Waals surface area contributed by atoms with Crippen molar-refractivity contribution in [2.75, 3.05) is 11.9 Å². The molecule has 1 aromatic carbocycles. The van der Waals surface area contributed by atoms with Gasteiger partial charge < -0.3 is 10.1 Å². The van der Waals surface area contributed by atoms with Crippen molar-refractivity contribution in [3.05, 3.63) is 59.5 Å². The van der Waals surface area contributed by atoms with E-state index in [2.05, 4.69) is 15.4 Å². The number of nitrogens with zero attached hydrogens (tertiary/aromatic N) is 3. The predicted octanol–water partition coefficient (Wildman–Crippen LogP) is 4.33. The summed E-state index contributed by atoms with van der Waals surface area (Å²) < 4.78 is 43.9. The predicted molar refractivity (Wildman–Crippen MR) is 97.4 cm³/mol. The molecule has 0 radical (unpaired) electrons. The van der Waals surface area contributed by atoms with Crippen LogP contribution < -0.4 is 10.1 Å². The highest BCUT2D eigenvalue weighted by atomic mass is 35.5. The molecule has 0 aliphatic heterocycles. The standard InChI is InChI=1S/C18H14ClF3N4O2/c1-26-7-6-15(25-26)16(27)24-13-8-14(11-2-4-12(19)5-3-11)17(23-9-13)28-10-18(20,21)22/h2-9H,10H2,1H3,(H,24,27). The number of anilines is 1. The Morgan fingerprint density at radius 1 is 1.25 bits per heavy atom. The molecule has 3 rings (SSSR count). The van der Waals surface area contributed by atoms with E-state index < -0.39 is 18.7 Å². The minimum absolute atomic E-state index is 0.188. The molecular formula is C18H14ClF3N4O2. The average molecular weight is 411 g/mol. The number of amides is 1. The van der Waals surface area contributed by atoms with Crippen LogP contribution in [0.4, 0.5) is 18.9 Å². The molecule has 1 N–H and O–H groups in total. The van der Waals surface area contributed by atoms with Gasteiger partial charge in [-0.05, 0) is 29.8 Å². The van der Waals surface area contributed by atoms with Crippen LogP contribution in [0.25, 0.3) is 11.1 Å². The van der Waals surface area contributed by atoms with Crippen molar-refractivity contribution in [3.63, 3.8) is 0 Å². The second-order valence-electron chi connectivity index (χ2n) is 5.82. The van der Waals surface area contributed by atoms with Crippen molar-refractivity contribution in [2.45, 2.75) is 6.18 Å². The summed E-state index contributed by atoms with van der Waals surface area (Å²) in [6.07, 6.45) is -1.68. The molecule has 0 bridgehead atoms. The van der Waals surface area contributed by atoms with Crippen LogP contribution in [-0.4, -0.2) is 33.5 Å². The van der Waals surface area contributed by atoms with Crippen LogP contribution in [0.3, 0.4) is 0 Å². The smallest absolute Gasteiger partial charge is 0.422 e. The van der Waals surface area contributed by atoms with Crippen molar-refractivity contribution in [2.24, 2.45) is 7.05 Å². The number of hydrogen-bond acceptors (Lipinski definition) is 4. The van der Waals surface area contributed by atoms with E-state index in [4.69, 9.17) is 16.3 Å². The first kappa shape index (κ1) is 19.7. The van der Waals surface area contributed by atoms with Gasteiger partial charge in [-0.2, -0.15) is 18.3 Å². The number of hydrogen-bond donors (Lipinski definition) is 1. The van der Waals surface area contributed by atoms with Gasteiger partial charge in [-0.25, -0.2) is 4.98 Å². The first-order chi connectivity index (χ1) is 13.2. The third-order valence-electron chi connectivity index (χ3n) is 3.58. The van der Waals surface area contributed by atoms with Crippen LogP contribution in [0.5, 0.6) is 5.88 Å². The lowest BCUT2D eigenvalue weighted by atomic mass is 10.1. The molecule has 2 heterocycles. The van der Waals surface area contributed by atoms with E-state index in [0.717, 1.165) is 0 Å². The van der Waals surface area contributed by atoms with E-state index in [1.165, 1.54) is 23.0 Å². The lowest BCUT2D eigenvalue weighted by Gasteiger charge is -2.14. The van der Waals surface area contributed by atoms with Crippen LogP contribution in [0.15, 0.2) is 48.8 Å². The van der Waals surface area contributed by atoms with Crippen LogP contribution in [0.1, 0.15) is 10.5 Å². The highest BCUT2D eigenvalue weighted by Gasteiger charge is 2.29. The highest BCUT2D eigenvalue weighted by Crippen LogP contribution is 2.32. The minimum atomic E-state index is -4.51. The van der Waals surface area contributed by atoms with E-state index >= 15 is 0 Å². The number of carbonyl (C=O) groups is 1. The molecule has 2 aromatic heterocycles. The van der Waals surface area contributed by atoms with E-state index in [1.54, 1.807) is 37.5 Å². The summed E-state index contributed by atoms with van der Waals surface area (Å²) in [5.41, 5.74) is 1.27. The normalized spacial score (nSPS) is 11.3. The Morgan fingerprint density at radius 2 is 1.96 bits per heavy atom. The molecule has 0 atom stereocenters. The van der Waals surface area contributed by atoms with Crippen LogP contribution >= 0.6 is 11.6 Å². The maximum absolute atomic E-state index is 12.5. The summed E-state index contributed by atoms with van der Waals surface area (Å²) in [5.74, 6) is -0.691. The highest BCUT2D eigenvalue weighted by molar-refractivity contribution is 6.30. The molecule has 0 aliphatic carbocycles. The second-order valence-corrected chi connectivity index (χ2v) is 6.25. The third kappa shape index (κ3) is 5.01. The lowest BCUT2D eigenvalue weighted by Crippen LogP contribution is -2.20. The second kappa shape index (κ2) is 7.89. The number of aryl methyl sites for hydroxylation is 1. The molecule has 0 saturated heterocycles. The van der Waals surface area contributed by atoms with Crippen LogP contribution in [0.2, 0.25) is 5.02 Å². The van der Waals surface area contributed by atoms with Crippen LogP contribution in [-0.2, 0) is 7.05 Å². The zero-order valence-corrected chi connectivity index (χ0v) is 15.3. The Bertz CT molecular complexity index is 987. The summed E-state index contributed by atoms with van der Waals surface area (Å²) in [5, 5.41) is 7.07. The Kier molecular flexibility index (Phi) is 5.55. The number of benzene rings is 1. The molecule has 10 heteroatoms. The Hall–Kier alpha value is -3.07. The van der Waals surface area contributed by atoms with Gasteiger partial charge in [-0.3, -0.25) is 9.48 Å². The first-order valence-electron chi connectivity index (χ1n) is 7.98. The fourth-order valence-corrected chi connectivity index (χ4v) is 2.48. The zero-order chi connectivity index (χ0) is 20.3. The van der Waals surface area contributed by atoms with Gasteiger partial charge in [0, 0.05) is 23.8 Å². The average Bonchev–Trinajstić information content (AvgIpc) is 3.07. The van der Waals surface area contributed by atoms with Crippen LogP contribution in [0, 0.1) is 0 Å². The molecule has 28 heavy (non-hydrogen) atoms. The third-order valence-corrected chi connectivity index (χ3v) is 3.84. The van der Waals surface area contributed by atoms with Gasteiger partial charge in [0.15, 0.2) is 12.3 Å². The first-order valence-corrected chi connectivity index (χ1v) is 8.35. The maximum Gasteiger partial charge on any atom is 0.422 e. The maximum atomic E-state index is 12.5. The fraction of sp³-hybridized carbons (Fsp3) is 0.167. The van der Waals surface area contributed by atoms with Crippen molar-refractivity contribution >= 4 is 23.2 Å². The number of carbonyl (C=O) groups excluding carboxylic acids is 1. The van der Waals surface area contributed by atoms with Crippen molar-refractivity contribution in [1.29, 1.82) is 0 Å². The lowest BCUT2D eigenvalue weighted by molar-refractivity contribution is -0.154. The molecule has 1 amide bonds. The van der Waals surface area contributed by atoms with Gasteiger partial charge >= 0.3 is 6.18 Å². The number of ether oxygens (including phenoxy) is 1. The number of aromatic nitrogens is 3. The molecule has 146 valence electrons. The Labute approximate surface area is 162 Å². The quantitative estimate of drug-likeness (QED) is 0.679. The SMILES string of the molecule is Cn1ccc(C(=O)Nc2cnc(OCC(F)(F)F)c(-c3ccc(Cl)cc3)c2)n1. The number of pyridine rings is 1. The summed E-state index contributed by atoms with van der Waals surface area (Å²) in [4.78, 5) is 16.2. The van der Waals surface area contributed by atoms with Crippen molar-refractivity contribution in [1.82, 2.24) is 14.8 Å². The van der Waals surface area contributed by atoms with E-state index in [9.17, 15) is 18.0 Å². The van der Waals surface area contributed by atoms with Gasteiger partial charge in [-0.1, -0.05) is 23.7 Å². The molecule has 0 aliphatic rings. The molecule has 0 spiro atoms. The van der Waals surface area contributed by atoms with Gasteiger partial charge in [0.2, 0.25) is 5.88 Å². The number of nitrogens with one attached hydrogen (secondary N) is 1. The van der Waals surface area contributed by atoms with E-state index in [-0.39, 0.29) is 22.8 Å². The Balaban J connectivity index is 1.91. The Morgan fingerprint density at radius 3 is 2.57 bits per heavy atom. The fourth-order valence-electron chi connectivity index (χ4n) is 2.35. The van der Waals surface area contributed by atoms with Crippen molar-refractivity contribution < 1.29 is 22.7 Å². The largest absolute Gasteiger partial charge is 0.468 e. The molecular weight excluding hydrogens is 397 g/mol. The molecule has 6 nitrogen and oxygen atoms in total.